The number of amides is 3. The molecule has 0 bridgehead atoms. The maximum absolute atomic E-state index is 13.2. The molecule has 1 aliphatic heterocycles. The molecule has 0 radical (unpaired) electrons. The van der Waals surface area contributed by atoms with Crippen molar-refractivity contribution in [2.24, 2.45) is 5.92 Å². The van der Waals surface area contributed by atoms with Gasteiger partial charge in [-0.25, -0.2) is 4.79 Å². The van der Waals surface area contributed by atoms with Crippen molar-refractivity contribution >= 4 is 17.9 Å². The van der Waals surface area contributed by atoms with Gasteiger partial charge in [-0.1, -0.05) is 18.0 Å². The molecule has 2 N–H and O–H groups in total. The number of pyridine rings is 1. The van der Waals surface area contributed by atoms with E-state index in [9.17, 15) is 14.4 Å². The van der Waals surface area contributed by atoms with Crippen LogP contribution in [-0.2, 0) is 14.3 Å². The molecule has 4 rings (SSSR count). The average molecular weight is 499 g/mol. The Morgan fingerprint density at radius 2 is 2.11 bits per heavy atom. The largest absolute Gasteiger partial charge is 0.466 e. The van der Waals surface area contributed by atoms with Crippen LogP contribution < -0.4 is 10.6 Å². The highest BCUT2D eigenvalue weighted by molar-refractivity contribution is 5.82. The maximum Gasteiger partial charge on any atom is 0.317 e. The molecule has 11 nitrogen and oxygen atoms in total. The van der Waals surface area contributed by atoms with Crippen LogP contribution in [0.15, 0.2) is 29.0 Å². The first kappa shape index (κ1) is 25.6. The van der Waals surface area contributed by atoms with Crippen molar-refractivity contribution in [3.63, 3.8) is 0 Å². The van der Waals surface area contributed by atoms with Crippen molar-refractivity contribution in [3.8, 4) is 11.4 Å². The zero-order valence-corrected chi connectivity index (χ0v) is 20.6. The summed E-state index contributed by atoms with van der Waals surface area (Å²) in [5.74, 6) is -0.0384. The highest BCUT2D eigenvalue weighted by atomic mass is 16.5. The van der Waals surface area contributed by atoms with Crippen LogP contribution in [-0.4, -0.2) is 70.2 Å². The lowest BCUT2D eigenvalue weighted by molar-refractivity contribution is -0.142. The monoisotopic (exact) mass is 498 g/mol. The van der Waals surface area contributed by atoms with Crippen molar-refractivity contribution in [2.75, 3.05) is 26.2 Å². The third-order valence-corrected chi connectivity index (χ3v) is 6.77. The third-order valence-electron chi connectivity index (χ3n) is 6.77. The number of urea groups is 1. The third kappa shape index (κ3) is 6.38. The zero-order chi connectivity index (χ0) is 25.3. The van der Waals surface area contributed by atoms with Crippen molar-refractivity contribution in [2.45, 2.75) is 63.8 Å². The molecule has 3 atom stereocenters. The van der Waals surface area contributed by atoms with E-state index >= 15 is 0 Å². The molecule has 1 saturated carbocycles. The van der Waals surface area contributed by atoms with Gasteiger partial charge in [0.2, 0.25) is 17.6 Å². The second-order valence-corrected chi connectivity index (χ2v) is 9.23. The summed E-state index contributed by atoms with van der Waals surface area (Å²) < 4.78 is 10.5. The van der Waals surface area contributed by atoms with Crippen LogP contribution >= 0.6 is 0 Å². The van der Waals surface area contributed by atoms with Crippen LogP contribution in [0.1, 0.15) is 63.7 Å². The fraction of sp³-hybridized carbons (Fsp3) is 0.600. The van der Waals surface area contributed by atoms with Gasteiger partial charge >= 0.3 is 12.0 Å². The molecule has 3 unspecified atom stereocenters. The molecule has 36 heavy (non-hydrogen) atoms. The summed E-state index contributed by atoms with van der Waals surface area (Å²) in [5, 5.41) is 10.0. The Morgan fingerprint density at radius 3 is 2.92 bits per heavy atom. The van der Waals surface area contributed by atoms with Gasteiger partial charge in [-0.3, -0.25) is 14.6 Å². The van der Waals surface area contributed by atoms with Gasteiger partial charge in [-0.05, 0) is 44.7 Å². The number of carbonyl (C=O) groups is 3. The van der Waals surface area contributed by atoms with E-state index in [0.717, 1.165) is 31.2 Å². The van der Waals surface area contributed by atoms with Gasteiger partial charge in [0, 0.05) is 49.6 Å². The normalized spacial score (nSPS) is 22.8. The van der Waals surface area contributed by atoms with Crippen molar-refractivity contribution < 1.29 is 23.6 Å². The molecule has 2 aromatic rings. The lowest BCUT2D eigenvalue weighted by Gasteiger charge is -2.32. The molecule has 2 fully saturated rings. The van der Waals surface area contributed by atoms with E-state index in [0.29, 0.717) is 44.3 Å². The van der Waals surface area contributed by atoms with Crippen molar-refractivity contribution in [3.05, 3.63) is 30.4 Å². The minimum atomic E-state index is -0.391. The number of rotatable bonds is 6. The van der Waals surface area contributed by atoms with Gasteiger partial charge in [0.05, 0.1) is 18.9 Å². The minimum Gasteiger partial charge on any atom is -0.466 e. The lowest BCUT2D eigenvalue weighted by atomic mass is 10.0. The number of hydrogen-bond donors (Lipinski definition) is 2. The fourth-order valence-corrected chi connectivity index (χ4v) is 4.98. The van der Waals surface area contributed by atoms with Gasteiger partial charge in [0.25, 0.3) is 0 Å². The number of hydrogen-bond acceptors (Lipinski definition) is 8. The van der Waals surface area contributed by atoms with E-state index in [1.54, 1.807) is 30.3 Å². The van der Waals surface area contributed by atoms with Gasteiger partial charge in [0.1, 0.15) is 0 Å². The molecule has 0 aromatic carbocycles. The Balaban J connectivity index is 1.51. The summed E-state index contributed by atoms with van der Waals surface area (Å²) in [7, 11) is 0. The van der Waals surface area contributed by atoms with E-state index in [-0.39, 0.29) is 42.8 Å². The quantitative estimate of drug-likeness (QED) is 0.580. The number of nitrogens with zero attached hydrogens (tertiary/aromatic N) is 4. The maximum atomic E-state index is 13.2. The standard InChI is InChI=1S/C25H34N6O5/c1-2-35-21(32)9-12-28-25(34)31-13-6-4-3-5-11-27-23(33)19-14-18(15-20(19)31)24-29-22(30-36-24)17-8-7-10-26-16-17/h7-8,10,16,18-20H,2-6,9,11-15H2,1H3,(H,27,33)(H,28,34). The predicted molar refractivity (Wildman–Crippen MR) is 130 cm³/mol. The molecule has 1 aliphatic carbocycles. The van der Waals surface area contributed by atoms with Gasteiger partial charge in [-0.15, -0.1) is 0 Å². The van der Waals surface area contributed by atoms with Gasteiger partial charge in [0.15, 0.2) is 0 Å². The topological polar surface area (TPSA) is 140 Å². The van der Waals surface area contributed by atoms with Crippen LogP contribution in [0.5, 0.6) is 0 Å². The van der Waals surface area contributed by atoms with Crippen LogP contribution in [0.25, 0.3) is 11.4 Å². The zero-order valence-electron chi connectivity index (χ0n) is 20.6. The lowest BCUT2D eigenvalue weighted by Crippen LogP contribution is -2.51. The van der Waals surface area contributed by atoms with E-state index in [1.165, 1.54) is 0 Å². The molecule has 194 valence electrons. The van der Waals surface area contributed by atoms with E-state index in [2.05, 4.69) is 25.8 Å². The first-order chi connectivity index (χ1) is 17.6. The number of ether oxygens (including phenoxy) is 1. The Labute approximate surface area is 210 Å². The minimum absolute atomic E-state index is 0.0549. The second-order valence-electron chi connectivity index (χ2n) is 9.23. The Morgan fingerprint density at radius 1 is 1.25 bits per heavy atom. The van der Waals surface area contributed by atoms with E-state index < -0.39 is 5.92 Å². The molecular weight excluding hydrogens is 464 g/mol. The summed E-state index contributed by atoms with van der Waals surface area (Å²) in [6, 6.07) is 3.07. The summed E-state index contributed by atoms with van der Waals surface area (Å²) in [6.07, 6.45) is 8.23. The van der Waals surface area contributed by atoms with Gasteiger partial charge < -0.3 is 24.8 Å². The average Bonchev–Trinajstić information content (AvgIpc) is 3.53. The van der Waals surface area contributed by atoms with Gasteiger partial charge in [-0.2, -0.15) is 4.98 Å². The highest BCUT2D eigenvalue weighted by Gasteiger charge is 2.45. The van der Waals surface area contributed by atoms with Crippen LogP contribution in [0.4, 0.5) is 4.79 Å². The molecule has 3 amide bonds. The molecule has 11 heteroatoms. The molecule has 2 aliphatic rings. The van der Waals surface area contributed by atoms with E-state index in [4.69, 9.17) is 9.26 Å². The number of esters is 1. The first-order valence-electron chi connectivity index (χ1n) is 12.8. The number of aromatic nitrogens is 3. The Kier molecular flexibility index (Phi) is 8.85. The number of fused-ring (bicyclic) bond motifs is 1. The Hall–Kier alpha value is -3.50. The molecule has 3 heterocycles. The SMILES string of the molecule is CCOC(=O)CCNC(=O)N1CCCCCCNC(=O)C2CC(c3nc(-c4cccnc4)no3)CC21. The number of carbonyl (C=O) groups excluding carboxylic acids is 3. The predicted octanol–water partition coefficient (Wildman–Crippen LogP) is 2.65. The van der Waals surface area contributed by atoms with Crippen LogP contribution in [0, 0.1) is 5.92 Å². The highest BCUT2D eigenvalue weighted by Crippen LogP contribution is 2.41. The van der Waals surface area contributed by atoms with Crippen molar-refractivity contribution in [1.82, 2.24) is 30.7 Å². The molecule has 0 spiro atoms. The summed E-state index contributed by atoms with van der Waals surface area (Å²) >= 11 is 0. The molecular formula is C25H34N6O5. The van der Waals surface area contributed by atoms with Crippen LogP contribution in [0.2, 0.25) is 0 Å². The number of nitrogens with one attached hydrogen (secondary N) is 2. The second kappa shape index (κ2) is 12.5. The van der Waals surface area contributed by atoms with E-state index in [1.807, 2.05) is 6.07 Å². The van der Waals surface area contributed by atoms with Crippen LogP contribution in [0.3, 0.4) is 0 Å². The Bertz CT molecular complexity index is 1030. The molecule has 1 saturated heterocycles. The fourth-order valence-electron chi connectivity index (χ4n) is 4.98. The first-order valence-corrected chi connectivity index (χ1v) is 12.8. The summed E-state index contributed by atoms with van der Waals surface area (Å²) in [6.45, 7) is 3.40. The summed E-state index contributed by atoms with van der Waals surface area (Å²) in [4.78, 5) is 48.5. The van der Waals surface area contributed by atoms with Crippen molar-refractivity contribution in [1.29, 1.82) is 0 Å². The smallest absolute Gasteiger partial charge is 0.317 e. The summed E-state index contributed by atoms with van der Waals surface area (Å²) in [5.41, 5.74) is 0.751. The molecule has 2 aromatic heterocycles.